The maximum atomic E-state index is 9.82. The van der Waals surface area contributed by atoms with Gasteiger partial charge in [0.15, 0.2) is 0 Å². The van der Waals surface area contributed by atoms with Gasteiger partial charge in [0.2, 0.25) is 0 Å². The van der Waals surface area contributed by atoms with Crippen molar-refractivity contribution in [2.24, 2.45) is 0 Å². The fourth-order valence-electron chi connectivity index (χ4n) is 3.14. The summed E-state index contributed by atoms with van der Waals surface area (Å²) in [5.74, 6) is 2.65. The Kier molecular flexibility index (Phi) is 1.55. The van der Waals surface area contributed by atoms with Crippen LogP contribution in [0, 0.1) is 0 Å². The van der Waals surface area contributed by atoms with Crippen molar-refractivity contribution in [1.29, 1.82) is 0 Å². The summed E-state index contributed by atoms with van der Waals surface area (Å²) in [6.45, 7) is 0. The normalized spacial score (nSPS) is 27.8. The molecule has 14 heavy (non-hydrogen) atoms. The minimum absolute atomic E-state index is 0.466. The van der Waals surface area contributed by atoms with Gasteiger partial charge in [0, 0.05) is 11.1 Å². The number of rotatable bonds is 1. The number of hydrogen-bond acceptors (Lipinski definition) is 2. The Labute approximate surface area is 83.5 Å². The number of ether oxygens (including phenoxy) is 1. The van der Waals surface area contributed by atoms with Gasteiger partial charge < -0.3 is 9.84 Å². The van der Waals surface area contributed by atoms with Crippen molar-refractivity contribution >= 4 is 0 Å². The van der Waals surface area contributed by atoms with E-state index < -0.39 is 0 Å². The molecule has 0 aliphatic heterocycles. The van der Waals surface area contributed by atoms with Crippen molar-refractivity contribution in [1.82, 2.24) is 0 Å². The van der Waals surface area contributed by atoms with Crippen LogP contribution in [-0.2, 0) is 0 Å². The molecule has 3 rings (SSSR count). The molecule has 74 valence electrons. The number of aromatic hydroxyl groups is 1. The molecule has 2 atom stereocenters. The number of benzene rings is 1. The fourth-order valence-corrected chi connectivity index (χ4v) is 3.14. The lowest BCUT2D eigenvalue weighted by atomic mass is 9.90. The van der Waals surface area contributed by atoms with Crippen LogP contribution in [0.25, 0.3) is 0 Å². The van der Waals surface area contributed by atoms with E-state index in [1.165, 1.54) is 30.4 Å². The van der Waals surface area contributed by atoms with Gasteiger partial charge in [-0.1, -0.05) is 0 Å². The second-order valence-electron chi connectivity index (χ2n) is 4.32. The average molecular weight is 190 g/mol. The Morgan fingerprint density at radius 1 is 1.21 bits per heavy atom. The fraction of sp³-hybridized carbons (Fsp3) is 0.500. The Balaban J connectivity index is 2.24. The van der Waals surface area contributed by atoms with Gasteiger partial charge >= 0.3 is 0 Å². The van der Waals surface area contributed by atoms with Crippen molar-refractivity contribution < 1.29 is 9.84 Å². The molecule has 1 aromatic rings. The molecule has 1 fully saturated rings. The first-order valence-electron chi connectivity index (χ1n) is 5.21. The standard InChI is InChI=1S/C12H14O2/c1-14-10-5-4-9(13)11-7-2-3-8(6-7)12(10)11/h4-5,7-8,13H,2-3,6H2,1H3/t7-,8+/m0/s1. The van der Waals surface area contributed by atoms with Crippen LogP contribution in [0.1, 0.15) is 42.2 Å². The highest BCUT2D eigenvalue weighted by Gasteiger charge is 2.40. The first kappa shape index (κ1) is 8.16. The average Bonchev–Trinajstić information content (AvgIpc) is 2.79. The summed E-state index contributed by atoms with van der Waals surface area (Å²) < 4.78 is 5.35. The third-order valence-electron chi connectivity index (χ3n) is 3.69. The zero-order valence-electron chi connectivity index (χ0n) is 8.29. The predicted octanol–water partition coefficient (Wildman–Crippen LogP) is 2.77. The summed E-state index contributed by atoms with van der Waals surface area (Å²) >= 11 is 0. The van der Waals surface area contributed by atoms with Gasteiger partial charge in [0.1, 0.15) is 11.5 Å². The summed E-state index contributed by atoms with van der Waals surface area (Å²) in [4.78, 5) is 0. The minimum atomic E-state index is 0.466. The summed E-state index contributed by atoms with van der Waals surface area (Å²) in [6, 6.07) is 3.65. The van der Waals surface area contributed by atoms with Crippen molar-refractivity contribution in [3.05, 3.63) is 23.3 Å². The molecule has 0 heterocycles. The molecule has 2 bridgehead atoms. The van der Waals surface area contributed by atoms with E-state index in [0.29, 0.717) is 17.6 Å². The van der Waals surface area contributed by atoms with E-state index in [1.807, 2.05) is 6.07 Å². The summed E-state index contributed by atoms with van der Waals surface area (Å²) in [5.41, 5.74) is 2.45. The molecule has 0 spiro atoms. The molecule has 0 radical (unpaired) electrons. The van der Waals surface area contributed by atoms with Crippen LogP contribution >= 0.6 is 0 Å². The molecule has 2 aliphatic rings. The van der Waals surface area contributed by atoms with Crippen LogP contribution in [0.4, 0.5) is 0 Å². The quantitative estimate of drug-likeness (QED) is 0.737. The van der Waals surface area contributed by atoms with Gasteiger partial charge in [-0.05, 0) is 43.2 Å². The largest absolute Gasteiger partial charge is 0.508 e. The van der Waals surface area contributed by atoms with Gasteiger partial charge in [-0.2, -0.15) is 0 Å². The Morgan fingerprint density at radius 3 is 2.64 bits per heavy atom. The molecule has 2 aliphatic carbocycles. The SMILES string of the molecule is COc1ccc(O)c2c1[C@@H]1CC[C@H]2C1. The van der Waals surface area contributed by atoms with Gasteiger partial charge in [-0.15, -0.1) is 0 Å². The third kappa shape index (κ3) is 0.861. The lowest BCUT2D eigenvalue weighted by Gasteiger charge is -2.18. The smallest absolute Gasteiger partial charge is 0.122 e. The highest BCUT2D eigenvalue weighted by atomic mass is 16.5. The Hall–Kier alpha value is -1.18. The molecular weight excluding hydrogens is 176 g/mol. The topological polar surface area (TPSA) is 29.5 Å². The molecule has 2 heteroatoms. The van der Waals surface area contributed by atoms with Crippen LogP contribution in [-0.4, -0.2) is 12.2 Å². The van der Waals surface area contributed by atoms with Crippen LogP contribution in [0.3, 0.4) is 0 Å². The summed E-state index contributed by atoms with van der Waals surface area (Å²) in [5, 5.41) is 9.82. The molecule has 0 aromatic heterocycles. The Bertz CT molecular complexity index is 384. The van der Waals surface area contributed by atoms with E-state index in [-0.39, 0.29) is 0 Å². The van der Waals surface area contributed by atoms with E-state index in [4.69, 9.17) is 4.74 Å². The molecule has 2 nitrogen and oxygen atoms in total. The van der Waals surface area contributed by atoms with Gasteiger partial charge in [-0.3, -0.25) is 0 Å². The molecule has 0 unspecified atom stereocenters. The highest BCUT2D eigenvalue weighted by molar-refractivity contribution is 5.56. The molecule has 1 saturated carbocycles. The van der Waals surface area contributed by atoms with E-state index >= 15 is 0 Å². The predicted molar refractivity (Wildman–Crippen MR) is 54.0 cm³/mol. The van der Waals surface area contributed by atoms with Crippen LogP contribution in [0.15, 0.2) is 12.1 Å². The van der Waals surface area contributed by atoms with Crippen molar-refractivity contribution in [2.45, 2.75) is 31.1 Å². The summed E-state index contributed by atoms with van der Waals surface area (Å²) in [6.07, 6.45) is 3.71. The van der Waals surface area contributed by atoms with Gasteiger partial charge in [0.05, 0.1) is 7.11 Å². The van der Waals surface area contributed by atoms with Crippen LogP contribution in [0.2, 0.25) is 0 Å². The number of phenols is 1. The van der Waals surface area contributed by atoms with Gasteiger partial charge in [-0.25, -0.2) is 0 Å². The lowest BCUT2D eigenvalue weighted by molar-refractivity contribution is 0.401. The monoisotopic (exact) mass is 190 g/mol. The zero-order valence-corrected chi connectivity index (χ0v) is 8.29. The Morgan fingerprint density at radius 2 is 1.93 bits per heavy atom. The number of hydrogen-bond donors (Lipinski definition) is 1. The van der Waals surface area contributed by atoms with Crippen molar-refractivity contribution in [2.75, 3.05) is 7.11 Å². The number of phenolic OH excluding ortho intramolecular Hbond substituents is 1. The maximum Gasteiger partial charge on any atom is 0.122 e. The molecule has 1 N–H and O–H groups in total. The van der Waals surface area contributed by atoms with Crippen LogP contribution < -0.4 is 4.74 Å². The second-order valence-corrected chi connectivity index (χ2v) is 4.32. The minimum Gasteiger partial charge on any atom is -0.508 e. The third-order valence-corrected chi connectivity index (χ3v) is 3.69. The zero-order chi connectivity index (χ0) is 9.71. The highest BCUT2D eigenvalue weighted by Crippen LogP contribution is 2.58. The molecular formula is C12H14O2. The van der Waals surface area contributed by atoms with E-state index in [9.17, 15) is 5.11 Å². The van der Waals surface area contributed by atoms with Crippen molar-refractivity contribution in [3.8, 4) is 11.5 Å². The molecule has 1 aromatic carbocycles. The number of methoxy groups -OCH3 is 1. The number of fused-ring (bicyclic) bond motifs is 5. The van der Waals surface area contributed by atoms with E-state index in [0.717, 1.165) is 5.75 Å². The maximum absolute atomic E-state index is 9.82. The van der Waals surface area contributed by atoms with Gasteiger partial charge in [0.25, 0.3) is 0 Å². The first-order valence-corrected chi connectivity index (χ1v) is 5.21. The first-order chi connectivity index (χ1) is 6.81. The molecule has 0 saturated heterocycles. The second kappa shape index (κ2) is 2.66. The van der Waals surface area contributed by atoms with E-state index in [2.05, 4.69) is 0 Å². The summed E-state index contributed by atoms with van der Waals surface area (Å²) in [7, 11) is 1.71. The van der Waals surface area contributed by atoms with Crippen LogP contribution in [0.5, 0.6) is 11.5 Å². The molecule has 0 amide bonds. The van der Waals surface area contributed by atoms with Crippen molar-refractivity contribution in [3.63, 3.8) is 0 Å². The lowest BCUT2D eigenvalue weighted by Crippen LogP contribution is -2.01. The van der Waals surface area contributed by atoms with E-state index in [1.54, 1.807) is 13.2 Å².